The van der Waals surface area contributed by atoms with Crippen LogP contribution in [0.15, 0.2) is 0 Å². The van der Waals surface area contributed by atoms with Crippen LogP contribution in [0.3, 0.4) is 0 Å². The molecule has 0 radical (unpaired) electrons. The average molecular weight is 479 g/mol. The van der Waals surface area contributed by atoms with E-state index in [0.717, 1.165) is 91.4 Å². The maximum atomic E-state index is 8.44. The first-order valence-electron chi connectivity index (χ1n) is 13.2. The van der Waals surface area contributed by atoms with E-state index in [1.165, 1.54) is 39.3 Å². The Hall–Kier alpha value is -1.34. The van der Waals surface area contributed by atoms with E-state index in [1.54, 1.807) is 0 Å². The first kappa shape index (κ1) is 30.7. The fourth-order valence-electron chi connectivity index (χ4n) is 4.12. The van der Waals surface area contributed by atoms with Gasteiger partial charge in [0.25, 0.3) is 0 Å². The molecule has 0 amide bonds. The lowest BCUT2D eigenvalue weighted by Crippen LogP contribution is -2.47. The lowest BCUT2D eigenvalue weighted by molar-refractivity contribution is 0.131. The molecule has 3 aliphatic heterocycles. The van der Waals surface area contributed by atoms with Crippen molar-refractivity contribution in [2.24, 2.45) is 11.5 Å². The minimum Gasteiger partial charge on any atom is -0.330 e. The SMILES string of the molecule is C1CNCCN1.N#CCCN1CCN(CCC#N)CC1.NCCCN1CCN(CCCN)CC1. The van der Waals surface area contributed by atoms with Gasteiger partial charge in [0.15, 0.2) is 0 Å². The molecule has 0 aromatic heterocycles. The smallest absolute Gasteiger partial charge is 0.0635 e. The van der Waals surface area contributed by atoms with E-state index in [2.05, 4.69) is 42.4 Å². The number of rotatable bonds is 10. The van der Waals surface area contributed by atoms with Crippen molar-refractivity contribution >= 4 is 0 Å². The lowest BCUT2D eigenvalue weighted by Gasteiger charge is -2.34. The second-order valence-electron chi connectivity index (χ2n) is 8.97. The number of nitriles is 2. The van der Waals surface area contributed by atoms with Gasteiger partial charge >= 0.3 is 0 Å². The van der Waals surface area contributed by atoms with Crippen LogP contribution in [0.25, 0.3) is 0 Å². The van der Waals surface area contributed by atoms with Gasteiger partial charge in [0.1, 0.15) is 0 Å². The Balaban J connectivity index is 0.000000274. The van der Waals surface area contributed by atoms with Gasteiger partial charge in [0, 0.05) is 104 Å². The van der Waals surface area contributed by atoms with Gasteiger partial charge in [0.2, 0.25) is 0 Å². The van der Waals surface area contributed by atoms with Crippen LogP contribution < -0.4 is 22.1 Å². The van der Waals surface area contributed by atoms with E-state index >= 15 is 0 Å². The van der Waals surface area contributed by atoms with Crippen molar-refractivity contribution < 1.29 is 0 Å². The molecule has 0 saturated carbocycles. The molecule has 0 aromatic rings. The fourth-order valence-corrected chi connectivity index (χ4v) is 4.12. The Bertz CT molecular complexity index is 473. The molecule has 34 heavy (non-hydrogen) atoms. The van der Waals surface area contributed by atoms with E-state index in [0.29, 0.717) is 12.8 Å². The zero-order valence-corrected chi connectivity index (χ0v) is 21.4. The third kappa shape index (κ3) is 16.3. The molecule has 10 nitrogen and oxygen atoms in total. The number of nitrogens with two attached hydrogens (primary N) is 2. The van der Waals surface area contributed by atoms with Crippen molar-refractivity contribution in [3.8, 4) is 12.1 Å². The van der Waals surface area contributed by atoms with Crippen LogP contribution in [0.2, 0.25) is 0 Å². The maximum Gasteiger partial charge on any atom is 0.0635 e. The van der Waals surface area contributed by atoms with Crippen LogP contribution in [-0.4, -0.2) is 137 Å². The summed E-state index contributed by atoms with van der Waals surface area (Å²) in [4.78, 5) is 9.63. The molecule has 0 bridgehead atoms. The van der Waals surface area contributed by atoms with Crippen molar-refractivity contribution in [1.29, 1.82) is 10.5 Å². The van der Waals surface area contributed by atoms with E-state index in [1.807, 2.05) is 0 Å². The predicted octanol–water partition coefficient (Wildman–Crippen LogP) is -1.09. The van der Waals surface area contributed by atoms with Crippen molar-refractivity contribution in [3.63, 3.8) is 0 Å². The van der Waals surface area contributed by atoms with E-state index in [4.69, 9.17) is 22.0 Å². The van der Waals surface area contributed by atoms with Gasteiger partial charge in [-0.2, -0.15) is 10.5 Å². The minimum absolute atomic E-state index is 0.623. The van der Waals surface area contributed by atoms with Gasteiger partial charge in [-0.05, 0) is 39.0 Å². The molecule has 3 fully saturated rings. The molecule has 196 valence electrons. The first-order valence-corrected chi connectivity index (χ1v) is 13.2. The summed E-state index contributed by atoms with van der Waals surface area (Å²) in [5, 5.41) is 23.3. The fraction of sp³-hybridized carbons (Fsp3) is 0.917. The molecule has 3 aliphatic rings. The summed E-state index contributed by atoms with van der Waals surface area (Å²) in [6.45, 7) is 19.2. The molecule has 0 atom stereocenters. The molecular weight excluding hydrogens is 428 g/mol. The van der Waals surface area contributed by atoms with Gasteiger partial charge in [-0.15, -0.1) is 0 Å². The molecule has 0 spiro atoms. The highest BCUT2D eigenvalue weighted by Gasteiger charge is 2.16. The largest absolute Gasteiger partial charge is 0.330 e. The summed E-state index contributed by atoms with van der Waals surface area (Å²) in [5.74, 6) is 0. The third-order valence-electron chi connectivity index (χ3n) is 6.32. The van der Waals surface area contributed by atoms with Crippen molar-refractivity contribution in [2.45, 2.75) is 25.7 Å². The summed E-state index contributed by atoms with van der Waals surface area (Å²) in [6, 6.07) is 4.32. The molecule has 3 saturated heterocycles. The Morgan fingerprint density at radius 3 is 1.06 bits per heavy atom. The highest BCUT2D eigenvalue weighted by atomic mass is 15.3. The molecule has 0 aliphatic carbocycles. The number of nitrogens with one attached hydrogen (secondary N) is 2. The zero-order chi connectivity index (χ0) is 24.7. The van der Waals surface area contributed by atoms with Crippen molar-refractivity contribution in [3.05, 3.63) is 0 Å². The number of piperazine rings is 3. The van der Waals surface area contributed by atoms with Gasteiger partial charge in [-0.25, -0.2) is 0 Å². The topological polar surface area (TPSA) is 137 Å². The summed E-state index contributed by atoms with van der Waals surface area (Å²) >= 11 is 0. The van der Waals surface area contributed by atoms with Gasteiger partial charge in [0.05, 0.1) is 12.1 Å². The second-order valence-corrected chi connectivity index (χ2v) is 8.97. The van der Waals surface area contributed by atoms with Crippen molar-refractivity contribution in [2.75, 3.05) is 118 Å². The number of hydrogen-bond acceptors (Lipinski definition) is 10. The van der Waals surface area contributed by atoms with Crippen molar-refractivity contribution in [1.82, 2.24) is 30.2 Å². The van der Waals surface area contributed by atoms with E-state index in [9.17, 15) is 0 Å². The highest BCUT2D eigenvalue weighted by Crippen LogP contribution is 2.03. The Morgan fingerprint density at radius 1 is 0.529 bits per heavy atom. The molecular formula is C24H50N10. The van der Waals surface area contributed by atoms with Crippen LogP contribution in [0.4, 0.5) is 0 Å². The number of nitrogens with zero attached hydrogens (tertiary/aromatic N) is 6. The number of hydrogen-bond donors (Lipinski definition) is 4. The van der Waals surface area contributed by atoms with Crippen LogP contribution in [0, 0.1) is 22.7 Å². The van der Waals surface area contributed by atoms with Gasteiger partial charge in [-0.3, -0.25) is 9.80 Å². The average Bonchev–Trinajstić information content (AvgIpc) is 2.91. The molecule has 3 rings (SSSR count). The van der Waals surface area contributed by atoms with Crippen LogP contribution in [-0.2, 0) is 0 Å². The Morgan fingerprint density at radius 2 is 0.824 bits per heavy atom. The van der Waals surface area contributed by atoms with Gasteiger partial charge < -0.3 is 31.9 Å². The molecule has 6 N–H and O–H groups in total. The molecule has 0 unspecified atom stereocenters. The third-order valence-corrected chi connectivity index (χ3v) is 6.32. The van der Waals surface area contributed by atoms with Gasteiger partial charge in [-0.1, -0.05) is 0 Å². The van der Waals surface area contributed by atoms with Crippen LogP contribution >= 0.6 is 0 Å². The monoisotopic (exact) mass is 478 g/mol. The van der Waals surface area contributed by atoms with E-state index in [-0.39, 0.29) is 0 Å². The minimum atomic E-state index is 0.623. The summed E-state index contributed by atoms with van der Waals surface area (Å²) in [5.41, 5.74) is 11.0. The lowest BCUT2D eigenvalue weighted by atomic mass is 10.2. The first-order chi connectivity index (χ1) is 16.7. The maximum absolute atomic E-state index is 8.44. The molecule has 0 aromatic carbocycles. The molecule has 3 heterocycles. The van der Waals surface area contributed by atoms with Crippen LogP contribution in [0.1, 0.15) is 25.7 Å². The molecule has 10 heteroatoms. The predicted molar refractivity (Wildman–Crippen MR) is 139 cm³/mol. The quantitative estimate of drug-likeness (QED) is 0.307. The summed E-state index contributed by atoms with van der Waals surface area (Å²) in [7, 11) is 0. The standard InChI is InChI=1S/C10H24N4.C10H16N4.C4H10N2/c2*11-3-1-5-13-7-9-14(10-8-13)6-2-4-12;1-2-6-4-3-5-1/h1-12H2;1-2,5-10H2;5-6H,1-4H2. The van der Waals surface area contributed by atoms with E-state index < -0.39 is 0 Å². The second kappa shape index (κ2) is 22.1. The van der Waals surface area contributed by atoms with Crippen LogP contribution in [0.5, 0.6) is 0 Å². The summed E-state index contributed by atoms with van der Waals surface area (Å²) in [6.07, 6.45) is 3.50. The Kier molecular flexibility index (Phi) is 20.0. The normalized spacial score (nSPS) is 20.2. The zero-order valence-electron chi connectivity index (χ0n) is 21.4. The summed E-state index contributed by atoms with van der Waals surface area (Å²) < 4.78 is 0. The Labute approximate surface area is 208 Å². The highest BCUT2D eigenvalue weighted by molar-refractivity contribution is 4.79.